The smallest absolute Gasteiger partial charge is 0.316 e. The van der Waals surface area contributed by atoms with Gasteiger partial charge in [0.1, 0.15) is 5.82 Å². The van der Waals surface area contributed by atoms with Crippen molar-refractivity contribution in [3.63, 3.8) is 0 Å². The normalized spacial score (nSPS) is 11.8. The Balaban J connectivity index is 1.90. The molecule has 0 radical (unpaired) electrons. The number of nitrogens with one attached hydrogen (secondary N) is 1. The van der Waals surface area contributed by atoms with Crippen LogP contribution in [0.15, 0.2) is 56.9 Å². The average Bonchev–Trinajstić information content (AvgIpc) is 2.70. The Morgan fingerprint density at radius 3 is 2.30 bits per heavy atom. The topological polar surface area (TPSA) is 110 Å². The number of fused-ring (bicyclic) bond motifs is 1. The van der Waals surface area contributed by atoms with Crippen molar-refractivity contribution >= 4 is 32.7 Å². The molecule has 3 rings (SSSR count). The van der Waals surface area contributed by atoms with Gasteiger partial charge < -0.3 is 14.5 Å². The number of likely N-dealkylation sites (N-methyl/N-ethyl adjacent to an activating group) is 1. The molecule has 0 aliphatic carbocycles. The SMILES string of the molecule is CN(CC(=O)Nc1cccc(F)c1)S(=O)(=O)c1ccc2c(c1)n(C)c(=O)c(=O)n2C. The molecule has 1 amide bonds. The van der Waals surface area contributed by atoms with Crippen molar-refractivity contribution in [2.75, 3.05) is 18.9 Å². The van der Waals surface area contributed by atoms with Crippen LogP contribution < -0.4 is 16.4 Å². The largest absolute Gasteiger partial charge is 0.325 e. The molecule has 2 aromatic carbocycles. The Bertz CT molecular complexity index is 1380. The van der Waals surface area contributed by atoms with Crippen molar-refractivity contribution in [3.8, 4) is 0 Å². The zero-order valence-electron chi connectivity index (χ0n) is 16.4. The van der Waals surface area contributed by atoms with Crippen LogP contribution in [0.1, 0.15) is 0 Å². The fourth-order valence-corrected chi connectivity index (χ4v) is 4.10. The molecule has 9 nitrogen and oxygen atoms in total. The second kappa shape index (κ2) is 7.84. The first kappa shape index (κ1) is 21.4. The number of anilines is 1. The number of carbonyl (C=O) groups is 1. The fourth-order valence-electron chi connectivity index (χ4n) is 2.96. The van der Waals surface area contributed by atoms with Gasteiger partial charge in [-0.05, 0) is 36.4 Å². The Kier molecular flexibility index (Phi) is 5.59. The van der Waals surface area contributed by atoms with Gasteiger partial charge in [-0.3, -0.25) is 14.4 Å². The van der Waals surface area contributed by atoms with Crippen LogP contribution in [0.2, 0.25) is 0 Å². The summed E-state index contributed by atoms with van der Waals surface area (Å²) < 4.78 is 42.1. The van der Waals surface area contributed by atoms with Gasteiger partial charge in [0.05, 0.1) is 22.5 Å². The van der Waals surface area contributed by atoms with Crippen LogP contribution in [0.25, 0.3) is 11.0 Å². The molecular formula is C19H19FN4O5S. The first-order chi connectivity index (χ1) is 14.0. The zero-order chi connectivity index (χ0) is 22.2. The summed E-state index contributed by atoms with van der Waals surface area (Å²) in [5.74, 6) is -1.19. The van der Waals surface area contributed by atoms with E-state index < -0.39 is 39.4 Å². The summed E-state index contributed by atoms with van der Waals surface area (Å²) in [5, 5.41) is 2.43. The molecule has 30 heavy (non-hydrogen) atoms. The highest BCUT2D eigenvalue weighted by Crippen LogP contribution is 2.20. The van der Waals surface area contributed by atoms with Gasteiger partial charge in [-0.25, -0.2) is 12.8 Å². The van der Waals surface area contributed by atoms with E-state index in [1.165, 1.54) is 57.5 Å². The Labute approximate surface area is 171 Å². The molecule has 0 atom stereocenters. The van der Waals surface area contributed by atoms with Gasteiger partial charge in [0, 0.05) is 26.8 Å². The molecule has 1 heterocycles. The van der Waals surface area contributed by atoms with Crippen molar-refractivity contribution < 1.29 is 17.6 Å². The van der Waals surface area contributed by atoms with Gasteiger partial charge in [0.15, 0.2) is 0 Å². The number of amides is 1. The molecular weight excluding hydrogens is 415 g/mol. The molecule has 158 valence electrons. The van der Waals surface area contributed by atoms with Gasteiger partial charge in [0.25, 0.3) is 0 Å². The molecule has 1 aromatic heterocycles. The standard InChI is InChI=1S/C19H19FN4O5S/c1-22(11-17(25)21-13-6-4-5-12(20)9-13)30(28,29)14-7-8-15-16(10-14)24(3)19(27)18(26)23(15)2/h4-10H,11H2,1-3H3,(H,21,25). The first-order valence-corrected chi connectivity index (χ1v) is 10.2. The predicted octanol–water partition coefficient (Wildman–Crippen LogP) is 0.635. The number of hydrogen-bond donors (Lipinski definition) is 1. The molecule has 1 N–H and O–H groups in total. The quantitative estimate of drug-likeness (QED) is 0.593. The first-order valence-electron chi connectivity index (χ1n) is 8.74. The van der Waals surface area contributed by atoms with Crippen LogP contribution in [0, 0.1) is 5.82 Å². The van der Waals surface area contributed by atoms with Crippen LogP contribution in [0.3, 0.4) is 0 Å². The highest BCUT2D eigenvalue weighted by Gasteiger charge is 2.24. The summed E-state index contributed by atoms with van der Waals surface area (Å²) in [6.45, 7) is -0.511. The molecule has 0 aliphatic rings. The molecule has 0 fully saturated rings. The molecule has 0 aliphatic heterocycles. The van der Waals surface area contributed by atoms with Crippen molar-refractivity contribution in [1.82, 2.24) is 13.4 Å². The summed E-state index contributed by atoms with van der Waals surface area (Å²) in [7, 11) is -0.0628. The van der Waals surface area contributed by atoms with E-state index in [-0.39, 0.29) is 16.1 Å². The lowest BCUT2D eigenvalue weighted by Crippen LogP contribution is -2.39. The summed E-state index contributed by atoms with van der Waals surface area (Å²) in [5.41, 5.74) is -0.685. The number of aryl methyl sites for hydroxylation is 2. The third-order valence-corrected chi connectivity index (χ3v) is 6.44. The Hall–Kier alpha value is -3.31. The third kappa shape index (κ3) is 3.89. The lowest BCUT2D eigenvalue weighted by Gasteiger charge is -2.18. The minimum Gasteiger partial charge on any atom is -0.325 e. The van der Waals surface area contributed by atoms with E-state index in [1.54, 1.807) is 0 Å². The van der Waals surface area contributed by atoms with Crippen molar-refractivity contribution in [1.29, 1.82) is 0 Å². The van der Waals surface area contributed by atoms with E-state index in [4.69, 9.17) is 0 Å². The van der Waals surface area contributed by atoms with Crippen LogP contribution in [-0.2, 0) is 28.9 Å². The van der Waals surface area contributed by atoms with Crippen molar-refractivity contribution in [3.05, 3.63) is 69.0 Å². The molecule has 0 bridgehead atoms. The van der Waals surface area contributed by atoms with E-state index in [0.29, 0.717) is 5.52 Å². The van der Waals surface area contributed by atoms with E-state index in [0.717, 1.165) is 19.5 Å². The number of rotatable bonds is 5. The number of aromatic nitrogens is 2. The molecule has 0 saturated carbocycles. The van der Waals surface area contributed by atoms with Gasteiger partial charge in [-0.1, -0.05) is 6.07 Å². The Morgan fingerprint density at radius 1 is 1.03 bits per heavy atom. The number of sulfonamides is 1. The van der Waals surface area contributed by atoms with E-state index in [1.807, 2.05) is 0 Å². The minimum absolute atomic E-state index is 0.148. The highest BCUT2D eigenvalue weighted by molar-refractivity contribution is 7.89. The maximum Gasteiger partial charge on any atom is 0.316 e. The maximum atomic E-state index is 13.2. The summed E-state index contributed by atoms with van der Waals surface area (Å²) in [6.07, 6.45) is 0. The second-order valence-electron chi connectivity index (χ2n) is 6.70. The van der Waals surface area contributed by atoms with Crippen molar-refractivity contribution in [2.24, 2.45) is 14.1 Å². The van der Waals surface area contributed by atoms with E-state index in [2.05, 4.69) is 5.32 Å². The predicted molar refractivity (Wildman–Crippen MR) is 109 cm³/mol. The number of hydrogen-bond acceptors (Lipinski definition) is 5. The van der Waals surface area contributed by atoms with Gasteiger partial charge >= 0.3 is 11.1 Å². The fraction of sp³-hybridized carbons (Fsp3) is 0.211. The summed E-state index contributed by atoms with van der Waals surface area (Å²) >= 11 is 0. The van der Waals surface area contributed by atoms with Gasteiger partial charge in [0.2, 0.25) is 15.9 Å². The Morgan fingerprint density at radius 2 is 1.67 bits per heavy atom. The third-order valence-electron chi connectivity index (χ3n) is 4.64. The molecule has 0 unspecified atom stereocenters. The summed E-state index contributed by atoms with van der Waals surface area (Å²) in [6, 6.07) is 9.20. The highest BCUT2D eigenvalue weighted by atomic mass is 32.2. The number of carbonyl (C=O) groups excluding carboxylic acids is 1. The van der Waals surface area contributed by atoms with Crippen molar-refractivity contribution in [2.45, 2.75) is 4.90 Å². The van der Waals surface area contributed by atoms with Crippen LogP contribution in [-0.4, -0.2) is 41.4 Å². The maximum absolute atomic E-state index is 13.2. The van der Waals surface area contributed by atoms with Crippen LogP contribution in [0.5, 0.6) is 0 Å². The van der Waals surface area contributed by atoms with Gasteiger partial charge in [-0.2, -0.15) is 4.31 Å². The zero-order valence-corrected chi connectivity index (χ0v) is 17.2. The average molecular weight is 434 g/mol. The van der Waals surface area contributed by atoms with E-state index in [9.17, 15) is 27.2 Å². The lowest BCUT2D eigenvalue weighted by atomic mass is 10.3. The minimum atomic E-state index is -4.08. The van der Waals surface area contributed by atoms with Crippen LogP contribution in [0.4, 0.5) is 10.1 Å². The molecule has 0 saturated heterocycles. The number of nitrogens with zero attached hydrogens (tertiary/aromatic N) is 3. The van der Waals surface area contributed by atoms with Gasteiger partial charge in [-0.15, -0.1) is 0 Å². The van der Waals surface area contributed by atoms with Crippen LogP contribution >= 0.6 is 0 Å². The van der Waals surface area contributed by atoms with E-state index >= 15 is 0 Å². The summed E-state index contributed by atoms with van der Waals surface area (Å²) in [4.78, 5) is 36.0. The monoisotopic (exact) mass is 434 g/mol. The lowest BCUT2D eigenvalue weighted by molar-refractivity contribution is -0.116. The number of halogens is 1. The number of benzene rings is 2. The molecule has 0 spiro atoms. The molecule has 3 aromatic rings. The molecule has 11 heteroatoms. The second-order valence-corrected chi connectivity index (χ2v) is 8.74.